The van der Waals surface area contributed by atoms with E-state index in [9.17, 15) is 13.2 Å². The van der Waals surface area contributed by atoms with Crippen LogP contribution in [0.1, 0.15) is 35.0 Å². The van der Waals surface area contributed by atoms with Crippen LogP contribution >= 0.6 is 0 Å². The number of hydrogen-bond acceptors (Lipinski definition) is 7. The van der Waals surface area contributed by atoms with E-state index in [1.807, 2.05) is 6.07 Å². The Morgan fingerprint density at radius 2 is 2.07 bits per heavy atom. The zero-order valence-electron chi connectivity index (χ0n) is 15.9. The zero-order chi connectivity index (χ0) is 20.4. The molecule has 150 valence electrons. The molecule has 0 bridgehead atoms. The Labute approximate surface area is 168 Å². The number of amides is 1. The van der Waals surface area contributed by atoms with Crippen LogP contribution in [0.15, 0.2) is 58.3 Å². The maximum Gasteiger partial charge on any atom is 0.289 e. The van der Waals surface area contributed by atoms with Crippen molar-refractivity contribution in [1.29, 1.82) is 0 Å². The van der Waals surface area contributed by atoms with Gasteiger partial charge < -0.3 is 9.32 Å². The number of nitrogens with zero attached hydrogens (tertiary/aromatic N) is 4. The predicted molar refractivity (Wildman–Crippen MR) is 105 cm³/mol. The number of carbonyl (C=O) groups is 1. The first-order valence-corrected chi connectivity index (χ1v) is 11.1. The van der Waals surface area contributed by atoms with Gasteiger partial charge in [-0.1, -0.05) is 6.07 Å². The highest BCUT2D eigenvalue weighted by Crippen LogP contribution is 2.31. The van der Waals surface area contributed by atoms with Gasteiger partial charge in [-0.15, -0.1) is 0 Å². The molecule has 8 nitrogen and oxygen atoms in total. The van der Waals surface area contributed by atoms with Gasteiger partial charge in [0.15, 0.2) is 21.4 Å². The van der Waals surface area contributed by atoms with Crippen molar-refractivity contribution in [2.45, 2.75) is 23.7 Å². The second-order valence-electron chi connectivity index (χ2n) is 7.00. The minimum Gasteiger partial charge on any atom is -0.459 e. The Bertz CT molecular complexity index is 1110. The van der Waals surface area contributed by atoms with Gasteiger partial charge in [-0.25, -0.2) is 18.4 Å². The van der Waals surface area contributed by atoms with Crippen LogP contribution in [0.2, 0.25) is 0 Å². The predicted octanol–water partition coefficient (Wildman–Crippen LogP) is 2.55. The van der Waals surface area contributed by atoms with Crippen molar-refractivity contribution in [2.75, 3.05) is 19.3 Å². The normalized spacial score (nSPS) is 17.3. The molecular weight excluding hydrogens is 392 g/mol. The molecule has 1 aliphatic heterocycles. The van der Waals surface area contributed by atoms with Crippen LogP contribution in [0.3, 0.4) is 0 Å². The third-order valence-corrected chi connectivity index (χ3v) is 6.02. The lowest BCUT2D eigenvalue weighted by atomic mass is 9.94. The van der Waals surface area contributed by atoms with Gasteiger partial charge >= 0.3 is 0 Å². The largest absolute Gasteiger partial charge is 0.459 e. The Balaban J connectivity index is 1.71. The lowest BCUT2D eigenvalue weighted by Crippen LogP contribution is -2.39. The maximum atomic E-state index is 12.7. The highest BCUT2D eigenvalue weighted by atomic mass is 32.2. The minimum absolute atomic E-state index is 0.0921. The molecule has 1 saturated heterocycles. The first-order chi connectivity index (χ1) is 13.9. The maximum absolute atomic E-state index is 12.7. The molecule has 1 fully saturated rings. The fourth-order valence-electron chi connectivity index (χ4n) is 3.52. The third kappa shape index (κ3) is 4.04. The highest BCUT2D eigenvalue weighted by molar-refractivity contribution is 7.90. The number of pyridine rings is 1. The van der Waals surface area contributed by atoms with E-state index in [0.717, 1.165) is 19.1 Å². The lowest BCUT2D eigenvalue weighted by molar-refractivity contribution is 0.0673. The molecule has 0 aromatic carbocycles. The van der Waals surface area contributed by atoms with Crippen molar-refractivity contribution in [3.8, 4) is 11.5 Å². The summed E-state index contributed by atoms with van der Waals surface area (Å²) >= 11 is 0. The van der Waals surface area contributed by atoms with Gasteiger partial charge in [0.1, 0.15) is 10.6 Å². The number of aromatic nitrogens is 3. The summed E-state index contributed by atoms with van der Waals surface area (Å²) in [6.07, 6.45) is 7.04. The van der Waals surface area contributed by atoms with Crippen molar-refractivity contribution in [2.24, 2.45) is 0 Å². The summed E-state index contributed by atoms with van der Waals surface area (Å²) in [6.45, 7) is 0.948. The van der Waals surface area contributed by atoms with Crippen LogP contribution < -0.4 is 0 Å². The van der Waals surface area contributed by atoms with E-state index in [1.165, 1.54) is 12.5 Å². The Kier molecular flexibility index (Phi) is 5.14. The number of rotatable bonds is 4. The fraction of sp³-hybridized carbons (Fsp3) is 0.300. The first-order valence-electron chi connectivity index (χ1n) is 9.24. The average Bonchev–Trinajstić information content (AvgIpc) is 3.28. The van der Waals surface area contributed by atoms with Gasteiger partial charge in [0, 0.05) is 37.7 Å². The molecule has 1 aliphatic rings. The van der Waals surface area contributed by atoms with Gasteiger partial charge in [-0.2, -0.15) is 0 Å². The van der Waals surface area contributed by atoms with E-state index in [1.54, 1.807) is 35.4 Å². The van der Waals surface area contributed by atoms with Crippen LogP contribution in [0, 0.1) is 0 Å². The number of likely N-dealkylation sites (tertiary alicyclic amines) is 1. The van der Waals surface area contributed by atoms with Gasteiger partial charge in [-0.05, 0) is 37.1 Å². The number of carbonyl (C=O) groups excluding carboxylic acids is 1. The molecule has 9 heteroatoms. The monoisotopic (exact) mass is 412 g/mol. The standard InChI is InChI=1S/C20H20N4O4S/c1-29(26,27)17-12-22-19(15-7-2-3-9-21-15)23-18(17)14-6-4-10-24(13-14)20(25)16-8-5-11-28-16/h2-3,5,7-9,11-12,14H,4,6,10,13H2,1H3. The Hall–Kier alpha value is -3.07. The van der Waals surface area contributed by atoms with Crippen LogP contribution in [0.4, 0.5) is 0 Å². The van der Waals surface area contributed by atoms with Gasteiger partial charge in [0.05, 0.1) is 12.0 Å². The summed E-state index contributed by atoms with van der Waals surface area (Å²) in [7, 11) is -3.53. The molecule has 3 aromatic heterocycles. The summed E-state index contributed by atoms with van der Waals surface area (Å²) in [6, 6.07) is 8.67. The number of sulfone groups is 1. The van der Waals surface area contributed by atoms with Crippen molar-refractivity contribution in [1.82, 2.24) is 19.9 Å². The van der Waals surface area contributed by atoms with Crippen molar-refractivity contribution >= 4 is 15.7 Å². The SMILES string of the molecule is CS(=O)(=O)c1cnc(-c2ccccn2)nc1C1CCCN(C(=O)c2ccco2)C1. The van der Waals surface area contributed by atoms with Crippen molar-refractivity contribution < 1.29 is 17.6 Å². The van der Waals surface area contributed by atoms with Crippen molar-refractivity contribution in [3.63, 3.8) is 0 Å². The number of piperidine rings is 1. The van der Waals surface area contributed by atoms with E-state index in [0.29, 0.717) is 30.3 Å². The van der Waals surface area contributed by atoms with E-state index < -0.39 is 9.84 Å². The Morgan fingerprint density at radius 3 is 2.76 bits per heavy atom. The van der Waals surface area contributed by atoms with Crippen LogP contribution in [0.25, 0.3) is 11.5 Å². The molecule has 3 aromatic rings. The molecule has 0 aliphatic carbocycles. The first kappa shape index (κ1) is 19.3. The van der Waals surface area contributed by atoms with E-state index in [4.69, 9.17) is 4.42 Å². The molecule has 0 radical (unpaired) electrons. The molecule has 1 unspecified atom stereocenters. The molecule has 1 amide bonds. The molecule has 1 atom stereocenters. The quantitative estimate of drug-likeness (QED) is 0.648. The molecule has 0 saturated carbocycles. The molecule has 4 heterocycles. The topological polar surface area (TPSA) is 106 Å². The molecule has 4 rings (SSSR count). The third-order valence-electron chi connectivity index (χ3n) is 4.90. The second kappa shape index (κ2) is 7.75. The van der Waals surface area contributed by atoms with E-state index in [-0.39, 0.29) is 22.5 Å². The summed E-state index contributed by atoms with van der Waals surface area (Å²) < 4.78 is 29.9. The lowest BCUT2D eigenvalue weighted by Gasteiger charge is -2.32. The number of furan rings is 1. The van der Waals surface area contributed by atoms with Gasteiger partial charge in [0.2, 0.25) is 0 Å². The van der Waals surface area contributed by atoms with E-state index >= 15 is 0 Å². The molecule has 29 heavy (non-hydrogen) atoms. The average molecular weight is 412 g/mol. The van der Waals surface area contributed by atoms with Crippen molar-refractivity contribution in [3.05, 3.63) is 60.4 Å². The van der Waals surface area contributed by atoms with Crippen LogP contribution in [0.5, 0.6) is 0 Å². The highest BCUT2D eigenvalue weighted by Gasteiger charge is 2.31. The second-order valence-corrected chi connectivity index (χ2v) is 8.98. The minimum atomic E-state index is -3.53. The summed E-state index contributed by atoms with van der Waals surface area (Å²) in [5.41, 5.74) is 0.994. The summed E-state index contributed by atoms with van der Waals surface area (Å²) in [5.74, 6) is 0.200. The smallest absolute Gasteiger partial charge is 0.289 e. The molecule has 0 spiro atoms. The Morgan fingerprint density at radius 1 is 1.21 bits per heavy atom. The van der Waals surface area contributed by atoms with Crippen LogP contribution in [-0.2, 0) is 9.84 Å². The fourth-order valence-corrected chi connectivity index (χ4v) is 4.36. The summed E-state index contributed by atoms with van der Waals surface area (Å²) in [4.78, 5) is 27.5. The molecular formula is C20H20N4O4S. The van der Waals surface area contributed by atoms with Gasteiger partial charge in [-0.3, -0.25) is 9.78 Å². The number of hydrogen-bond donors (Lipinski definition) is 0. The molecule has 0 N–H and O–H groups in total. The zero-order valence-corrected chi connectivity index (χ0v) is 16.7. The van der Waals surface area contributed by atoms with Gasteiger partial charge in [0.25, 0.3) is 5.91 Å². The van der Waals surface area contributed by atoms with Crippen LogP contribution in [-0.4, -0.2) is 53.5 Å². The van der Waals surface area contributed by atoms with E-state index in [2.05, 4.69) is 15.0 Å². The summed E-state index contributed by atoms with van der Waals surface area (Å²) in [5, 5.41) is 0.